The molecule has 78 valence electrons. The molecule has 1 aliphatic rings. The maximum absolute atomic E-state index is 5.46. The van der Waals surface area contributed by atoms with E-state index in [0.717, 1.165) is 19.3 Å². The van der Waals surface area contributed by atoms with Gasteiger partial charge in [0.15, 0.2) is 6.29 Å². The van der Waals surface area contributed by atoms with Crippen LogP contribution in [0.3, 0.4) is 0 Å². The molecule has 1 fully saturated rings. The molecule has 13 heavy (non-hydrogen) atoms. The molecule has 1 saturated carbocycles. The number of ether oxygens (including phenoxy) is 3. The van der Waals surface area contributed by atoms with Gasteiger partial charge in [0.05, 0.1) is 5.60 Å². The summed E-state index contributed by atoms with van der Waals surface area (Å²) in [7, 11) is 1.77. The van der Waals surface area contributed by atoms with E-state index in [1.807, 2.05) is 13.8 Å². The second-order valence-electron chi connectivity index (χ2n) is 3.43. The number of hydrogen-bond acceptors (Lipinski definition) is 3. The largest absolute Gasteiger partial charge is 0.378 e. The molecular formula is C10H20O3. The van der Waals surface area contributed by atoms with Crippen LogP contribution in [0.25, 0.3) is 0 Å². The SMILES string of the molecule is CCOC(CC1(OC)CC1)OCC. The van der Waals surface area contributed by atoms with Crippen LogP contribution in [0.2, 0.25) is 0 Å². The van der Waals surface area contributed by atoms with Crippen molar-refractivity contribution in [2.24, 2.45) is 0 Å². The lowest BCUT2D eigenvalue weighted by molar-refractivity contribution is -0.158. The molecule has 0 aromatic rings. The predicted molar refractivity (Wildman–Crippen MR) is 50.6 cm³/mol. The molecule has 0 spiro atoms. The van der Waals surface area contributed by atoms with Crippen LogP contribution in [0.4, 0.5) is 0 Å². The highest BCUT2D eigenvalue weighted by Crippen LogP contribution is 2.43. The van der Waals surface area contributed by atoms with Crippen molar-refractivity contribution in [1.82, 2.24) is 0 Å². The summed E-state index contributed by atoms with van der Waals surface area (Å²) in [5.41, 5.74) is 0.0645. The van der Waals surface area contributed by atoms with Gasteiger partial charge < -0.3 is 14.2 Å². The van der Waals surface area contributed by atoms with Crippen LogP contribution in [0.1, 0.15) is 33.1 Å². The van der Waals surface area contributed by atoms with Gasteiger partial charge >= 0.3 is 0 Å². The lowest BCUT2D eigenvalue weighted by Gasteiger charge is -2.21. The van der Waals surface area contributed by atoms with Crippen LogP contribution in [0.15, 0.2) is 0 Å². The Kier molecular flexibility index (Phi) is 4.16. The van der Waals surface area contributed by atoms with Gasteiger partial charge in [-0.3, -0.25) is 0 Å². The van der Waals surface area contributed by atoms with E-state index in [2.05, 4.69) is 0 Å². The average Bonchev–Trinajstić information content (AvgIpc) is 2.87. The topological polar surface area (TPSA) is 27.7 Å². The summed E-state index contributed by atoms with van der Waals surface area (Å²) in [5.74, 6) is 0. The Hall–Kier alpha value is -0.120. The first kappa shape index (κ1) is 11.0. The van der Waals surface area contributed by atoms with E-state index < -0.39 is 0 Å². The van der Waals surface area contributed by atoms with Gasteiger partial charge in [-0.25, -0.2) is 0 Å². The Balaban J connectivity index is 2.28. The van der Waals surface area contributed by atoms with E-state index in [0.29, 0.717) is 13.2 Å². The Morgan fingerprint density at radius 1 is 1.15 bits per heavy atom. The molecule has 0 aromatic heterocycles. The molecule has 3 heteroatoms. The molecular weight excluding hydrogens is 168 g/mol. The smallest absolute Gasteiger partial charge is 0.160 e. The van der Waals surface area contributed by atoms with Gasteiger partial charge in [0.2, 0.25) is 0 Å². The molecule has 0 saturated heterocycles. The minimum absolute atomic E-state index is 0.0645. The quantitative estimate of drug-likeness (QED) is 0.571. The minimum Gasteiger partial charge on any atom is -0.378 e. The lowest BCUT2D eigenvalue weighted by atomic mass is 10.2. The molecule has 0 unspecified atom stereocenters. The van der Waals surface area contributed by atoms with E-state index in [1.54, 1.807) is 7.11 Å². The zero-order valence-electron chi connectivity index (χ0n) is 8.84. The normalized spacial score (nSPS) is 19.4. The highest BCUT2D eigenvalue weighted by molar-refractivity contribution is 4.95. The van der Waals surface area contributed by atoms with Crippen LogP contribution in [-0.4, -0.2) is 32.2 Å². The highest BCUT2D eigenvalue weighted by atomic mass is 16.7. The van der Waals surface area contributed by atoms with Crippen molar-refractivity contribution in [3.05, 3.63) is 0 Å². The first-order chi connectivity index (χ1) is 6.26. The van der Waals surface area contributed by atoms with Crippen molar-refractivity contribution in [2.45, 2.75) is 45.0 Å². The standard InChI is InChI=1S/C10H20O3/c1-4-12-9(13-5-2)8-10(11-3)6-7-10/h9H,4-8H2,1-3H3. The van der Waals surface area contributed by atoms with E-state index in [1.165, 1.54) is 0 Å². The average molecular weight is 188 g/mol. The molecule has 0 N–H and O–H groups in total. The third-order valence-corrected chi connectivity index (χ3v) is 2.48. The minimum atomic E-state index is -0.0857. The molecule has 1 rings (SSSR count). The van der Waals surface area contributed by atoms with Crippen molar-refractivity contribution in [1.29, 1.82) is 0 Å². The molecule has 3 nitrogen and oxygen atoms in total. The van der Waals surface area contributed by atoms with Gasteiger partial charge in [-0.1, -0.05) is 0 Å². The summed E-state index contributed by atoms with van der Waals surface area (Å²) in [4.78, 5) is 0. The third kappa shape index (κ3) is 3.25. The van der Waals surface area contributed by atoms with Gasteiger partial charge in [-0.2, -0.15) is 0 Å². The fraction of sp³-hybridized carbons (Fsp3) is 1.00. The molecule has 0 bridgehead atoms. The Labute approximate surface area is 80.4 Å². The highest BCUT2D eigenvalue weighted by Gasteiger charge is 2.45. The first-order valence-electron chi connectivity index (χ1n) is 5.04. The third-order valence-electron chi connectivity index (χ3n) is 2.48. The molecule has 0 aliphatic heterocycles. The number of rotatable bonds is 7. The van der Waals surface area contributed by atoms with Gasteiger partial charge in [-0.15, -0.1) is 0 Å². The molecule has 0 atom stereocenters. The summed E-state index contributed by atoms with van der Waals surface area (Å²) < 4.78 is 16.3. The van der Waals surface area contributed by atoms with Crippen molar-refractivity contribution in [2.75, 3.05) is 20.3 Å². The van der Waals surface area contributed by atoms with Crippen LogP contribution >= 0.6 is 0 Å². The summed E-state index contributed by atoms with van der Waals surface area (Å²) in [6.45, 7) is 5.37. The molecule has 0 amide bonds. The van der Waals surface area contributed by atoms with E-state index in [4.69, 9.17) is 14.2 Å². The van der Waals surface area contributed by atoms with Gasteiger partial charge in [-0.05, 0) is 26.7 Å². The van der Waals surface area contributed by atoms with Gasteiger partial charge in [0.25, 0.3) is 0 Å². The predicted octanol–water partition coefficient (Wildman–Crippen LogP) is 1.95. The lowest BCUT2D eigenvalue weighted by Crippen LogP contribution is -2.26. The van der Waals surface area contributed by atoms with E-state index >= 15 is 0 Å². The molecule has 0 aromatic carbocycles. The number of hydrogen-bond donors (Lipinski definition) is 0. The fourth-order valence-corrected chi connectivity index (χ4v) is 1.47. The summed E-state index contributed by atoms with van der Waals surface area (Å²) >= 11 is 0. The molecule has 0 heterocycles. The monoisotopic (exact) mass is 188 g/mol. The summed E-state index contributed by atoms with van der Waals surface area (Å²) in [5, 5.41) is 0. The van der Waals surface area contributed by atoms with E-state index in [9.17, 15) is 0 Å². The second kappa shape index (κ2) is 4.94. The Morgan fingerprint density at radius 2 is 1.69 bits per heavy atom. The van der Waals surface area contributed by atoms with E-state index in [-0.39, 0.29) is 11.9 Å². The first-order valence-corrected chi connectivity index (χ1v) is 5.04. The zero-order valence-corrected chi connectivity index (χ0v) is 8.84. The Morgan fingerprint density at radius 3 is 2.00 bits per heavy atom. The Bertz CT molecular complexity index is 137. The fourth-order valence-electron chi connectivity index (χ4n) is 1.47. The molecule has 0 radical (unpaired) electrons. The second-order valence-corrected chi connectivity index (χ2v) is 3.43. The maximum Gasteiger partial charge on any atom is 0.160 e. The van der Waals surface area contributed by atoms with Crippen LogP contribution in [0.5, 0.6) is 0 Å². The van der Waals surface area contributed by atoms with Gasteiger partial charge in [0, 0.05) is 26.7 Å². The van der Waals surface area contributed by atoms with Crippen LogP contribution in [-0.2, 0) is 14.2 Å². The summed E-state index contributed by atoms with van der Waals surface area (Å²) in [6, 6.07) is 0. The van der Waals surface area contributed by atoms with Crippen molar-refractivity contribution in [3.8, 4) is 0 Å². The maximum atomic E-state index is 5.46. The van der Waals surface area contributed by atoms with Crippen molar-refractivity contribution < 1.29 is 14.2 Å². The van der Waals surface area contributed by atoms with Crippen LogP contribution < -0.4 is 0 Å². The zero-order chi connectivity index (χ0) is 9.73. The van der Waals surface area contributed by atoms with Crippen molar-refractivity contribution in [3.63, 3.8) is 0 Å². The van der Waals surface area contributed by atoms with Gasteiger partial charge in [0.1, 0.15) is 0 Å². The summed E-state index contributed by atoms with van der Waals surface area (Å²) in [6.07, 6.45) is 3.06. The number of methoxy groups -OCH3 is 1. The molecule has 1 aliphatic carbocycles. The van der Waals surface area contributed by atoms with Crippen LogP contribution in [0, 0.1) is 0 Å². The van der Waals surface area contributed by atoms with Crippen molar-refractivity contribution >= 4 is 0 Å².